The molecule has 11 heavy (non-hydrogen) atoms. The van der Waals surface area contributed by atoms with Gasteiger partial charge in [-0.05, 0) is 44.7 Å². The molecular formula is C10H17N. The summed E-state index contributed by atoms with van der Waals surface area (Å²) in [7, 11) is 0. The van der Waals surface area contributed by atoms with Crippen LogP contribution in [-0.2, 0) is 0 Å². The largest absolute Gasteiger partial charge is 0.316 e. The Morgan fingerprint density at radius 1 is 1.55 bits per heavy atom. The van der Waals surface area contributed by atoms with Crippen molar-refractivity contribution in [3.05, 3.63) is 0 Å². The summed E-state index contributed by atoms with van der Waals surface area (Å²) >= 11 is 0. The molecule has 1 aliphatic rings. The lowest BCUT2D eigenvalue weighted by molar-refractivity contribution is 0.352. The van der Waals surface area contributed by atoms with Crippen LogP contribution in [0.25, 0.3) is 0 Å². The zero-order chi connectivity index (χ0) is 7.94. The Morgan fingerprint density at radius 2 is 2.45 bits per heavy atom. The highest BCUT2D eigenvalue weighted by atomic mass is 14.9. The predicted molar refractivity (Wildman–Crippen MR) is 48.3 cm³/mol. The molecule has 62 valence electrons. The molecule has 0 bridgehead atoms. The van der Waals surface area contributed by atoms with Crippen LogP contribution < -0.4 is 5.32 Å². The zero-order valence-corrected chi connectivity index (χ0v) is 7.10. The number of terminal acetylenes is 1. The Hall–Kier alpha value is -0.480. The second kappa shape index (κ2) is 5.21. The maximum Gasteiger partial charge on any atom is 0.00861 e. The van der Waals surface area contributed by atoms with E-state index in [1.165, 1.54) is 38.8 Å². The van der Waals surface area contributed by atoms with E-state index in [4.69, 9.17) is 6.42 Å². The van der Waals surface area contributed by atoms with E-state index in [-0.39, 0.29) is 0 Å². The zero-order valence-electron chi connectivity index (χ0n) is 7.10. The Morgan fingerprint density at radius 3 is 3.09 bits per heavy atom. The van der Waals surface area contributed by atoms with Crippen LogP contribution >= 0.6 is 0 Å². The molecule has 1 rings (SSSR count). The summed E-state index contributed by atoms with van der Waals surface area (Å²) in [5.41, 5.74) is 0. The highest BCUT2D eigenvalue weighted by molar-refractivity contribution is 4.83. The van der Waals surface area contributed by atoms with Gasteiger partial charge in [0.25, 0.3) is 0 Å². The third-order valence-corrected chi connectivity index (χ3v) is 2.33. The van der Waals surface area contributed by atoms with Crippen molar-refractivity contribution in [2.24, 2.45) is 5.92 Å². The van der Waals surface area contributed by atoms with Gasteiger partial charge in [0.05, 0.1) is 0 Å². The van der Waals surface area contributed by atoms with Crippen LogP contribution in [0.4, 0.5) is 0 Å². The van der Waals surface area contributed by atoms with Gasteiger partial charge in [0.2, 0.25) is 0 Å². The van der Waals surface area contributed by atoms with Gasteiger partial charge in [0.15, 0.2) is 0 Å². The van der Waals surface area contributed by atoms with Crippen LogP contribution in [0, 0.1) is 18.3 Å². The van der Waals surface area contributed by atoms with E-state index in [2.05, 4.69) is 11.2 Å². The average Bonchev–Trinajstić information content (AvgIpc) is 2.07. The molecule has 0 saturated carbocycles. The van der Waals surface area contributed by atoms with Gasteiger partial charge in [-0.3, -0.25) is 0 Å². The molecule has 1 aliphatic heterocycles. The second-order valence-corrected chi connectivity index (χ2v) is 3.31. The molecule has 0 aliphatic carbocycles. The Kier molecular flexibility index (Phi) is 4.08. The smallest absolute Gasteiger partial charge is 0.00861 e. The lowest BCUT2D eigenvalue weighted by atomic mass is 9.94. The molecular weight excluding hydrogens is 134 g/mol. The normalized spacial score (nSPS) is 24.5. The van der Waals surface area contributed by atoms with E-state index in [9.17, 15) is 0 Å². The van der Waals surface area contributed by atoms with Crippen LogP contribution in [0.1, 0.15) is 32.1 Å². The summed E-state index contributed by atoms with van der Waals surface area (Å²) in [6, 6.07) is 0. The van der Waals surface area contributed by atoms with Gasteiger partial charge in [0, 0.05) is 6.42 Å². The van der Waals surface area contributed by atoms with Crippen molar-refractivity contribution in [1.82, 2.24) is 5.32 Å². The van der Waals surface area contributed by atoms with Crippen LogP contribution in [0.2, 0.25) is 0 Å². The van der Waals surface area contributed by atoms with Crippen molar-refractivity contribution in [2.45, 2.75) is 32.1 Å². The summed E-state index contributed by atoms with van der Waals surface area (Å²) < 4.78 is 0. The van der Waals surface area contributed by atoms with E-state index in [0.29, 0.717) is 0 Å². The minimum atomic E-state index is 0.900. The van der Waals surface area contributed by atoms with E-state index in [0.717, 1.165) is 12.3 Å². The molecule has 1 unspecified atom stereocenters. The maximum atomic E-state index is 5.18. The second-order valence-electron chi connectivity index (χ2n) is 3.31. The Bertz CT molecular complexity index is 128. The number of nitrogens with one attached hydrogen (secondary N) is 1. The fourth-order valence-electron chi connectivity index (χ4n) is 1.66. The van der Waals surface area contributed by atoms with Crippen molar-refractivity contribution in [3.63, 3.8) is 0 Å². The molecule has 1 fully saturated rings. The lowest BCUT2D eigenvalue weighted by Gasteiger charge is -2.22. The molecule has 0 aromatic rings. The van der Waals surface area contributed by atoms with Crippen molar-refractivity contribution < 1.29 is 0 Å². The van der Waals surface area contributed by atoms with Gasteiger partial charge in [0.1, 0.15) is 0 Å². The summed E-state index contributed by atoms with van der Waals surface area (Å²) in [4.78, 5) is 0. The van der Waals surface area contributed by atoms with E-state index in [1.54, 1.807) is 0 Å². The highest BCUT2D eigenvalue weighted by Gasteiger charge is 2.11. The molecule has 1 heteroatoms. The first kappa shape index (κ1) is 8.62. The highest BCUT2D eigenvalue weighted by Crippen LogP contribution is 2.16. The molecule has 0 radical (unpaired) electrons. The summed E-state index contributed by atoms with van der Waals surface area (Å²) in [6.07, 6.45) is 11.4. The molecule has 1 N–H and O–H groups in total. The maximum absolute atomic E-state index is 5.18. The number of hydrogen-bond acceptors (Lipinski definition) is 1. The molecule has 0 aromatic carbocycles. The third-order valence-electron chi connectivity index (χ3n) is 2.33. The minimum absolute atomic E-state index is 0.900. The van der Waals surface area contributed by atoms with Crippen LogP contribution in [0.3, 0.4) is 0 Å². The van der Waals surface area contributed by atoms with Crippen molar-refractivity contribution in [3.8, 4) is 12.3 Å². The lowest BCUT2D eigenvalue weighted by Crippen LogP contribution is -2.29. The molecule has 0 amide bonds. The van der Waals surface area contributed by atoms with Crippen molar-refractivity contribution >= 4 is 0 Å². The van der Waals surface area contributed by atoms with E-state index >= 15 is 0 Å². The molecule has 1 nitrogen and oxygen atoms in total. The molecule has 1 saturated heterocycles. The predicted octanol–water partition coefficient (Wildman–Crippen LogP) is 1.79. The number of unbranched alkanes of at least 4 members (excludes halogenated alkanes) is 1. The topological polar surface area (TPSA) is 12.0 Å². The van der Waals surface area contributed by atoms with Crippen LogP contribution in [-0.4, -0.2) is 13.1 Å². The van der Waals surface area contributed by atoms with E-state index < -0.39 is 0 Å². The number of piperidine rings is 1. The fourth-order valence-corrected chi connectivity index (χ4v) is 1.66. The summed E-state index contributed by atoms with van der Waals surface area (Å²) in [5.74, 6) is 3.59. The van der Waals surface area contributed by atoms with Crippen molar-refractivity contribution in [2.75, 3.05) is 13.1 Å². The monoisotopic (exact) mass is 151 g/mol. The first-order chi connectivity index (χ1) is 5.43. The first-order valence-corrected chi connectivity index (χ1v) is 4.57. The number of hydrogen-bond donors (Lipinski definition) is 1. The summed E-state index contributed by atoms with van der Waals surface area (Å²) in [6.45, 7) is 2.43. The van der Waals surface area contributed by atoms with Gasteiger partial charge in [-0.15, -0.1) is 12.3 Å². The average molecular weight is 151 g/mol. The van der Waals surface area contributed by atoms with Gasteiger partial charge >= 0.3 is 0 Å². The van der Waals surface area contributed by atoms with Crippen molar-refractivity contribution in [1.29, 1.82) is 0 Å². The quantitative estimate of drug-likeness (QED) is 0.479. The Labute approximate surface area is 69.6 Å². The first-order valence-electron chi connectivity index (χ1n) is 4.57. The SMILES string of the molecule is C#CCCCC1CCCNC1. The number of rotatable bonds is 3. The minimum Gasteiger partial charge on any atom is -0.316 e. The molecule has 1 heterocycles. The van der Waals surface area contributed by atoms with Gasteiger partial charge in [-0.2, -0.15) is 0 Å². The van der Waals surface area contributed by atoms with Gasteiger partial charge in [-0.25, -0.2) is 0 Å². The molecule has 1 atom stereocenters. The van der Waals surface area contributed by atoms with Crippen LogP contribution in [0.15, 0.2) is 0 Å². The Balaban J connectivity index is 2.01. The summed E-state index contributed by atoms with van der Waals surface area (Å²) in [5, 5.41) is 3.41. The van der Waals surface area contributed by atoms with E-state index in [1.807, 2.05) is 0 Å². The third kappa shape index (κ3) is 3.43. The van der Waals surface area contributed by atoms with Gasteiger partial charge in [-0.1, -0.05) is 0 Å². The van der Waals surface area contributed by atoms with Crippen LogP contribution in [0.5, 0.6) is 0 Å². The standard InChI is InChI=1S/C10H17N/c1-2-3-4-6-10-7-5-8-11-9-10/h1,10-11H,3-9H2. The van der Waals surface area contributed by atoms with Gasteiger partial charge < -0.3 is 5.32 Å². The molecule has 0 spiro atoms. The fraction of sp³-hybridized carbons (Fsp3) is 0.800. The molecule has 0 aromatic heterocycles.